The summed E-state index contributed by atoms with van der Waals surface area (Å²) in [6.45, 7) is 2.06. The van der Waals surface area contributed by atoms with Gasteiger partial charge in [0.25, 0.3) is 11.8 Å². The Bertz CT molecular complexity index is 1170. The lowest BCUT2D eigenvalue weighted by Crippen LogP contribution is -2.43. The molecular formula is C23H20Cl2N2O5S2. The van der Waals surface area contributed by atoms with Crippen LogP contribution >= 0.6 is 47.2 Å². The van der Waals surface area contributed by atoms with Crippen LogP contribution in [0.5, 0.6) is 11.5 Å². The van der Waals surface area contributed by atoms with Crippen molar-refractivity contribution in [2.24, 2.45) is 0 Å². The highest BCUT2D eigenvalue weighted by Crippen LogP contribution is 2.40. The number of halogens is 2. The molecule has 2 aromatic rings. The van der Waals surface area contributed by atoms with Crippen LogP contribution < -0.4 is 14.4 Å². The van der Waals surface area contributed by atoms with E-state index in [0.717, 1.165) is 0 Å². The van der Waals surface area contributed by atoms with E-state index in [1.165, 1.54) is 23.8 Å². The number of nitrogens with zero attached hydrogens (tertiary/aromatic N) is 2. The van der Waals surface area contributed by atoms with Crippen molar-refractivity contribution in [3.8, 4) is 11.5 Å². The van der Waals surface area contributed by atoms with Gasteiger partial charge in [0, 0.05) is 18.1 Å². The number of morpholine rings is 1. The molecule has 7 nitrogen and oxygen atoms in total. The zero-order valence-corrected chi connectivity index (χ0v) is 21.2. The van der Waals surface area contributed by atoms with Gasteiger partial charge in [-0.25, -0.2) is 0 Å². The first-order valence-electron chi connectivity index (χ1n) is 10.3. The van der Waals surface area contributed by atoms with Gasteiger partial charge in [0.05, 0.1) is 35.9 Å². The number of hydrogen-bond acceptors (Lipinski definition) is 7. The van der Waals surface area contributed by atoms with E-state index in [1.54, 1.807) is 47.4 Å². The Morgan fingerprint density at radius 3 is 2.65 bits per heavy atom. The van der Waals surface area contributed by atoms with Crippen LogP contribution in [0, 0.1) is 0 Å². The fraction of sp³-hybridized carbons (Fsp3) is 0.261. The van der Waals surface area contributed by atoms with E-state index in [9.17, 15) is 9.59 Å². The van der Waals surface area contributed by atoms with Crippen LogP contribution in [0.15, 0.2) is 41.3 Å². The van der Waals surface area contributed by atoms with Crippen LogP contribution in [-0.4, -0.2) is 61.1 Å². The number of hydrogen-bond donors (Lipinski definition) is 0. The summed E-state index contributed by atoms with van der Waals surface area (Å²) in [5, 5.41) is 0.802. The minimum atomic E-state index is -0.283. The maximum Gasteiger partial charge on any atom is 0.270 e. The van der Waals surface area contributed by atoms with Gasteiger partial charge in [-0.3, -0.25) is 14.5 Å². The summed E-state index contributed by atoms with van der Waals surface area (Å²) < 4.78 is 16.8. The molecule has 0 bridgehead atoms. The second kappa shape index (κ2) is 11.0. The first kappa shape index (κ1) is 24.8. The molecular weight excluding hydrogens is 519 g/mol. The summed E-state index contributed by atoms with van der Waals surface area (Å²) in [5.74, 6) is 0.482. The lowest BCUT2D eigenvalue weighted by atomic mass is 10.2. The predicted octanol–water partition coefficient (Wildman–Crippen LogP) is 4.65. The van der Waals surface area contributed by atoms with Crippen LogP contribution in [0.4, 0.5) is 5.69 Å². The van der Waals surface area contributed by atoms with Crippen molar-refractivity contribution in [3.05, 3.63) is 56.9 Å². The molecule has 0 aromatic heterocycles. The molecule has 2 heterocycles. The number of thiocarbonyl (C=S) groups is 1. The molecule has 11 heteroatoms. The molecule has 0 N–H and O–H groups in total. The lowest BCUT2D eigenvalue weighted by molar-refractivity contribution is -0.137. The van der Waals surface area contributed by atoms with Crippen molar-refractivity contribution in [2.75, 3.05) is 44.9 Å². The average molecular weight is 539 g/mol. The van der Waals surface area contributed by atoms with Crippen molar-refractivity contribution >= 4 is 75.1 Å². The summed E-state index contributed by atoms with van der Waals surface area (Å²) in [6, 6.07) is 10.1. The Morgan fingerprint density at radius 2 is 1.94 bits per heavy atom. The van der Waals surface area contributed by atoms with Gasteiger partial charge >= 0.3 is 0 Å². The van der Waals surface area contributed by atoms with Crippen LogP contribution in [-0.2, 0) is 14.3 Å². The number of carbonyl (C=O) groups excluding carboxylic acids is 2. The van der Waals surface area contributed by atoms with Gasteiger partial charge in [0.1, 0.15) is 0 Å². The van der Waals surface area contributed by atoms with Gasteiger partial charge in [0.2, 0.25) is 0 Å². The molecule has 0 aliphatic carbocycles. The van der Waals surface area contributed by atoms with Crippen LogP contribution in [0.1, 0.15) is 5.56 Å². The second-order valence-corrected chi connectivity index (χ2v) is 9.82. The molecule has 0 saturated carbocycles. The number of ether oxygens (including phenoxy) is 3. The van der Waals surface area contributed by atoms with Gasteiger partial charge in [-0.15, -0.1) is 0 Å². The van der Waals surface area contributed by atoms with E-state index in [0.29, 0.717) is 68.3 Å². The van der Waals surface area contributed by atoms with E-state index in [1.807, 2.05) is 0 Å². The number of rotatable bonds is 6. The van der Waals surface area contributed by atoms with Gasteiger partial charge in [0.15, 0.2) is 22.4 Å². The zero-order chi connectivity index (χ0) is 24.2. The molecule has 0 atom stereocenters. The summed E-state index contributed by atoms with van der Waals surface area (Å²) in [6.07, 6.45) is 1.72. The Labute approximate surface area is 216 Å². The standard InChI is InChI=1S/C23H20Cl2N2O5S2/c1-30-19-10-14(2-5-18(19)32-13-21(28)26-6-8-31-9-7-26)11-20-22(29)27(23(33)34-20)17-4-3-15(24)12-16(17)25/h2-5,10-12H,6-9,13H2,1H3/b20-11+. The molecule has 2 aliphatic heterocycles. The van der Waals surface area contributed by atoms with Crippen molar-refractivity contribution in [3.63, 3.8) is 0 Å². The molecule has 2 saturated heterocycles. The Balaban J connectivity index is 1.49. The predicted molar refractivity (Wildman–Crippen MR) is 138 cm³/mol. The summed E-state index contributed by atoms with van der Waals surface area (Å²) in [5.41, 5.74) is 1.19. The van der Waals surface area contributed by atoms with Gasteiger partial charge < -0.3 is 19.1 Å². The van der Waals surface area contributed by atoms with Crippen LogP contribution in [0.3, 0.4) is 0 Å². The van der Waals surface area contributed by atoms with Gasteiger partial charge in [-0.05, 0) is 42.0 Å². The topological polar surface area (TPSA) is 68.3 Å². The minimum Gasteiger partial charge on any atom is -0.493 e. The van der Waals surface area contributed by atoms with E-state index in [-0.39, 0.29) is 18.4 Å². The molecule has 2 amide bonds. The zero-order valence-electron chi connectivity index (χ0n) is 18.1. The van der Waals surface area contributed by atoms with Crippen molar-refractivity contribution in [1.82, 2.24) is 4.90 Å². The molecule has 0 radical (unpaired) electrons. The molecule has 4 rings (SSSR count). The van der Waals surface area contributed by atoms with E-state index < -0.39 is 0 Å². The number of benzene rings is 2. The third-order valence-corrected chi connectivity index (χ3v) is 6.98. The first-order valence-corrected chi connectivity index (χ1v) is 12.2. The molecule has 178 valence electrons. The molecule has 2 aromatic carbocycles. The fourth-order valence-corrected chi connectivity index (χ4v) is 5.20. The third-order valence-electron chi connectivity index (χ3n) is 5.14. The normalized spacial score (nSPS) is 17.4. The van der Waals surface area contributed by atoms with Crippen molar-refractivity contribution < 1.29 is 23.8 Å². The minimum absolute atomic E-state index is 0.101. The maximum absolute atomic E-state index is 13.1. The van der Waals surface area contributed by atoms with Gasteiger partial charge in [-0.1, -0.05) is 53.2 Å². The van der Waals surface area contributed by atoms with E-state index in [4.69, 9.17) is 49.6 Å². The number of thioether (sulfide) groups is 1. The number of amides is 2. The third kappa shape index (κ3) is 5.50. The molecule has 2 fully saturated rings. The molecule has 34 heavy (non-hydrogen) atoms. The van der Waals surface area contributed by atoms with Crippen molar-refractivity contribution in [2.45, 2.75) is 0 Å². The SMILES string of the molecule is COc1cc(/C=C2/SC(=S)N(c3ccc(Cl)cc3Cl)C2=O)ccc1OCC(=O)N1CCOCC1. The smallest absolute Gasteiger partial charge is 0.270 e. The molecule has 0 spiro atoms. The quantitative estimate of drug-likeness (QED) is 0.391. The second-order valence-electron chi connectivity index (χ2n) is 7.30. The summed E-state index contributed by atoms with van der Waals surface area (Å²) in [4.78, 5) is 28.9. The average Bonchev–Trinajstić information content (AvgIpc) is 3.11. The largest absolute Gasteiger partial charge is 0.493 e. The van der Waals surface area contributed by atoms with Crippen LogP contribution in [0.2, 0.25) is 10.0 Å². The monoisotopic (exact) mass is 538 g/mol. The highest BCUT2D eigenvalue weighted by atomic mass is 35.5. The first-order chi connectivity index (χ1) is 16.4. The van der Waals surface area contributed by atoms with E-state index in [2.05, 4.69) is 0 Å². The van der Waals surface area contributed by atoms with Crippen molar-refractivity contribution in [1.29, 1.82) is 0 Å². The van der Waals surface area contributed by atoms with Crippen LogP contribution in [0.25, 0.3) is 6.08 Å². The van der Waals surface area contributed by atoms with Gasteiger partial charge in [-0.2, -0.15) is 0 Å². The number of carbonyl (C=O) groups is 2. The van der Waals surface area contributed by atoms with E-state index >= 15 is 0 Å². The number of methoxy groups -OCH3 is 1. The lowest BCUT2D eigenvalue weighted by Gasteiger charge is -2.26. The maximum atomic E-state index is 13.1. The highest BCUT2D eigenvalue weighted by Gasteiger charge is 2.34. The molecule has 2 aliphatic rings. The summed E-state index contributed by atoms with van der Waals surface area (Å²) >= 11 is 18.8. The Kier molecular flexibility index (Phi) is 8.00. The highest BCUT2D eigenvalue weighted by molar-refractivity contribution is 8.27. The Morgan fingerprint density at radius 1 is 1.18 bits per heavy atom. The number of anilines is 1. The molecule has 0 unspecified atom stereocenters. The fourth-order valence-electron chi connectivity index (χ4n) is 3.43. The Hall–Kier alpha value is -2.30. The summed E-state index contributed by atoms with van der Waals surface area (Å²) in [7, 11) is 1.51.